The van der Waals surface area contributed by atoms with Gasteiger partial charge in [-0.05, 0) is 37.5 Å². The second-order valence-electron chi connectivity index (χ2n) is 6.81. The lowest BCUT2D eigenvalue weighted by atomic mass is 9.94. The van der Waals surface area contributed by atoms with E-state index in [1.165, 1.54) is 6.42 Å². The second kappa shape index (κ2) is 6.74. The highest BCUT2D eigenvalue weighted by Gasteiger charge is 2.35. The molecular formula is C17H19N5O4. The number of fused-ring (bicyclic) bond motifs is 2. The molecule has 3 unspecified atom stereocenters. The van der Waals surface area contributed by atoms with Crippen molar-refractivity contribution in [3.05, 3.63) is 35.7 Å². The molecule has 1 fully saturated rings. The number of rotatable bonds is 6. The van der Waals surface area contributed by atoms with Gasteiger partial charge in [-0.1, -0.05) is 22.5 Å². The number of anilines is 1. The van der Waals surface area contributed by atoms with Crippen LogP contribution in [0.15, 0.2) is 27.3 Å². The minimum Gasteiger partial charge on any atom is -0.360 e. The third kappa shape index (κ3) is 3.51. The fourth-order valence-corrected chi connectivity index (χ4v) is 3.60. The highest BCUT2D eigenvalue weighted by atomic mass is 16.5. The zero-order valence-electron chi connectivity index (χ0n) is 14.3. The Morgan fingerprint density at radius 3 is 2.81 bits per heavy atom. The Bertz CT molecular complexity index is 855. The molecule has 4 rings (SSSR count). The first-order valence-corrected chi connectivity index (χ1v) is 8.59. The van der Waals surface area contributed by atoms with E-state index in [-0.39, 0.29) is 24.0 Å². The summed E-state index contributed by atoms with van der Waals surface area (Å²) in [7, 11) is 0. The Labute approximate surface area is 149 Å². The number of carbonyl (C=O) groups excluding carboxylic acids is 2. The maximum Gasteiger partial charge on any atom is 0.315 e. The fourth-order valence-electron chi connectivity index (χ4n) is 3.60. The summed E-state index contributed by atoms with van der Waals surface area (Å²) in [6, 6.07) is 1.60. The van der Waals surface area contributed by atoms with Crippen molar-refractivity contribution < 1.29 is 18.6 Å². The van der Waals surface area contributed by atoms with Crippen LogP contribution in [0.2, 0.25) is 0 Å². The molecule has 0 aromatic carbocycles. The number of aromatic nitrogens is 3. The summed E-state index contributed by atoms with van der Waals surface area (Å²) in [5.41, 5.74) is 0. The van der Waals surface area contributed by atoms with Crippen LogP contribution in [0.25, 0.3) is 0 Å². The highest BCUT2D eigenvalue weighted by molar-refractivity contribution is 5.91. The van der Waals surface area contributed by atoms with Gasteiger partial charge in [-0.3, -0.25) is 9.59 Å². The molecule has 9 nitrogen and oxygen atoms in total. The van der Waals surface area contributed by atoms with E-state index in [1.54, 1.807) is 13.0 Å². The van der Waals surface area contributed by atoms with Crippen molar-refractivity contribution in [1.82, 2.24) is 20.6 Å². The molecular weight excluding hydrogens is 338 g/mol. The van der Waals surface area contributed by atoms with Gasteiger partial charge in [0.2, 0.25) is 5.91 Å². The van der Waals surface area contributed by atoms with Crippen LogP contribution in [0.3, 0.4) is 0 Å². The van der Waals surface area contributed by atoms with Gasteiger partial charge in [-0.15, -0.1) is 0 Å². The van der Waals surface area contributed by atoms with E-state index in [4.69, 9.17) is 9.05 Å². The van der Waals surface area contributed by atoms with Gasteiger partial charge in [0.05, 0.1) is 6.42 Å². The van der Waals surface area contributed by atoms with E-state index in [9.17, 15) is 9.59 Å². The number of nitrogens with one attached hydrogen (secondary N) is 2. The van der Waals surface area contributed by atoms with Gasteiger partial charge in [0.15, 0.2) is 11.6 Å². The van der Waals surface area contributed by atoms with Crippen LogP contribution in [0.4, 0.5) is 5.82 Å². The van der Waals surface area contributed by atoms with Crippen LogP contribution in [-0.4, -0.2) is 33.7 Å². The van der Waals surface area contributed by atoms with Gasteiger partial charge in [-0.2, -0.15) is 4.98 Å². The highest BCUT2D eigenvalue weighted by Crippen LogP contribution is 2.42. The number of aryl methyl sites for hydroxylation is 1. The quantitative estimate of drug-likeness (QED) is 0.751. The molecule has 136 valence electrons. The molecule has 2 aromatic heterocycles. The van der Waals surface area contributed by atoms with E-state index in [0.29, 0.717) is 35.9 Å². The Hall–Kier alpha value is -2.97. The van der Waals surface area contributed by atoms with E-state index in [2.05, 4.69) is 38.1 Å². The summed E-state index contributed by atoms with van der Waals surface area (Å²) in [5, 5.41) is 12.7. The molecule has 2 bridgehead atoms. The topological polar surface area (TPSA) is 123 Å². The van der Waals surface area contributed by atoms with E-state index in [1.807, 2.05) is 0 Å². The molecule has 2 N–H and O–H groups in total. The minimum absolute atomic E-state index is 0.125. The Kier molecular flexibility index (Phi) is 4.27. The zero-order valence-corrected chi connectivity index (χ0v) is 14.3. The van der Waals surface area contributed by atoms with Crippen molar-refractivity contribution in [2.45, 2.75) is 26.2 Å². The third-order valence-corrected chi connectivity index (χ3v) is 4.82. The SMILES string of the molecule is Cc1cc(NC(=O)Cc2noc(C(=O)NCC3CC4C=CC3C4)n2)no1. The van der Waals surface area contributed by atoms with Crippen molar-refractivity contribution in [1.29, 1.82) is 0 Å². The molecule has 2 aromatic rings. The van der Waals surface area contributed by atoms with Crippen LogP contribution in [0.1, 0.15) is 35.1 Å². The Morgan fingerprint density at radius 1 is 1.23 bits per heavy atom. The molecule has 2 aliphatic carbocycles. The Balaban J connectivity index is 1.27. The van der Waals surface area contributed by atoms with Crippen LogP contribution in [0.5, 0.6) is 0 Å². The predicted octanol–water partition coefficient (Wildman–Crippen LogP) is 1.49. The standard InChI is InChI=1S/C17H19N5O4/c1-9-4-13(21-25-9)19-15(23)7-14-20-17(26-22-14)16(24)18-8-12-6-10-2-3-11(12)5-10/h2-4,10-12H,5-8H2,1H3,(H,18,24)(H,19,21,23). The largest absolute Gasteiger partial charge is 0.360 e. The molecule has 1 saturated carbocycles. The average Bonchev–Trinajstić information content (AvgIpc) is 3.37. The summed E-state index contributed by atoms with van der Waals surface area (Å²) < 4.78 is 9.82. The molecule has 0 saturated heterocycles. The van der Waals surface area contributed by atoms with E-state index < -0.39 is 5.91 Å². The molecule has 0 spiro atoms. The first kappa shape index (κ1) is 16.5. The van der Waals surface area contributed by atoms with Crippen LogP contribution in [-0.2, 0) is 11.2 Å². The molecule has 2 aliphatic rings. The molecule has 3 atom stereocenters. The van der Waals surface area contributed by atoms with Gasteiger partial charge >= 0.3 is 11.8 Å². The summed E-state index contributed by atoms with van der Waals surface area (Å²) in [6.45, 7) is 2.31. The lowest BCUT2D eigenvalue weighted by Gasteiger charge is -2.17. The summed E-state index contributed by atoms with van der Waals surface area (Å²) in [6.07, 6.45) is 6.67. The lowest BCUT2D eigenvalue weighted by Crippen LogP contribution is -2.31. The number of amides is 2. The second-order valence-corrected chi connectivity index (χ2v) is 6.81. The van der Waals surface area contributed by atoms with E-state index >= 15 is 0 Å². The number of carbonyl (C=O) groups is 2. The van der Waals surface area contributed by atoms with Crippen molar-refractivity contribution >= 4 is 17.6 Å². The van der Waals surface area contributed by atoms with Gasteiger partial charge in [-0.25, -0.2) is 0 Å². The minimum atomic E-state index is -0.414. The van der Waals surface area contributed by atoms with E-state index in [0.717, 1.165) is 6.42 Å². The molecule has 0 aliphatic heterocycles. The smallest absolute Gasteiger partial charge is 0.315 e. The van der Waals surface area contributed by atoms with Crippen molar-refractivity contribution in [2.75, 3.05) is 11.9 Å². The molecule has 0 radical (unpaired) electrons. The normalized spacial score (nSPS) is 23.3. The lowest BCUT2D eigenvalue weighted by molar-refractivity contribution is -0.115. The number of nitrogens with zero attached hydrogens (tertiary/aromatic N) is 3. The van der Waals surface area contributed by atoms with Crippen LogP contribution in [0, 0.1) is 24.7 Å². The molecule has 9 heteroatoms. The summed E-state index contributed by atoms with van der Waals surface area (Å²) in [5.74, 6) is 1.79. The first-order chi connectivity index (χ1) is 12.6. The van der Waals surface area contributed by atoms with Crippen LogP contribution < -0.4 is 10.6 Å². The molecule has 26 heavy (non-hydrogen) atoms. The monoisotopic (exact) mass is 357 g/mol. The van der Waals surface area contributed by atoms with Crippen molar-refractivity contribution in [3.63, 3.8) is 0 Å². The molecule has 2 amide bonds. The summed E-state index contributed by atoms with van der Waals surface area (Å²) >= 11 is 0. The predicted molar refractivity (Wildman–Crippen MR) is 89.0 cm³/mol. The van der Waals surface area contributed by atoms with Gasteiger partial charge in [0.25, 0.3) is 0 Å². The Morgan fingerprint density at radius 2 is 2.12 bits per heavy atom. The maximum atomic E-state index is 12.2. The zero-order chi connectivity index (χ0) is 18.1. The number of allylic oxidation sites excluding steroid dienone is 2. The molecule has 2 heterocycles. The summed E-state index contributed by atoms with van der Waals surface area (Å²) in [4.78, 5) is 28.1. The van der Waals surface area contributed by atoms with Gasteiger partial charge < -0.3 is 19.7 Å². The van der Waals surface area contributed by atoms with Crippen LogP contribution >= 0.6 is 0 Å². The number of hydrogen-bond acceptors (Lipinski definition) is 7. The van der Waals surface area contributed by atoms with Crippen molar-refractivity contribution in [2.24, 2.45) is 17.8 Å². The average molecular weight is 357 g/mol. The van der Waals surface area contributed by atoms with Crippen molar-refractivity contribution in [3.8, 4) is 0 Å². The number of hydrogen-bond donors (Lipinski definition) is 2. The van der Waals surface area contributed by atoms with Gasteiger partial charge in [0, 0.05) is 12.6 Å². The van der Waals surface area contributed by atoms with Gasteiger partial charge in [0.1, 0.15) is 5.76 Å². The fraction of sp³-hybridized carbons (Fsp3) is 0.471. The maximum absolute atomic E-state index is 12.2. The third-order valence-electron chi connectivity index (χ3n) is 4.82. The first-order valence-electron chi connectivity index (χ1n) is 8.59.